The molecule has 0 saturated heterocycles. The third-order valence-corrected chi connectivity index (χ3v) is 1.07. The number of hydrogen-bond acceptors (Lipinski definition) is 5. The number of aldehydes is 1. The molecule has 0 spiro atoms. The molecule has 0 aromatic heterocycles. The molecule has 4 N–H and O–H groups in total. The fraction of sp³-hybridized carbons (Fsp3) is 0.800. The van der Waals surface area contributed by atoms with Gasteiger partial charge in [-0.25, -0.2) is 0 Å². The van der Waals surface area contributed by atoms with Crippen LogP contribution in [0.1, 0.15) is 0 Å². The van der Waals surface area contributed by atoms with E-state index in [-0.39, 0.29) is 23.4 Å². The van der Waals surface area contributed by atoms with Crippen LogP contribution < -0.4 is 0 Å². The van der Waals surface area contributed by atoms with E-state index in [1.165, 1.54) is 0 Å². The number of aliphatic hydroxyl groups excluding tert-OH is 4. The Bertz CT molecular complexity index is 109. The fourth-order valence-corrected chi connectivity index (χ4v) is 0.416. The van der Waals surface area contributed by atoms with Gasteiger partial charge in [-0.1, -0.05) is 0 Å². The molecule has 0 aromatic rings. The summed E-state index contributed by atoms with van der Waals surface area (Å²) in [6.45, 7) is -0.688. The van der Waals surface area contributed by atoms with Gasteiger partial charge in [-0.15, -0.1) is 0 Å². The molecule has 0 bridgehead atoms. The summed E-state index contributed by atoms with van der Waals surface area (Å²) in [5, 5.41) is 34.1. The van der Waals surface area contributed by atoms with Crippen LogP contribution in [-0.2, 0) is 21.9 Å². The predicted octanol–water partition coefficient (Wildman–Crippen LogP) is -2.74. The first-order valence-electron chi connectivity index (χ1n) is 2.73. The van der Waals surface area contributed by atoms with Gasteiger partial charge in [-0.05, 0) is 0 Å². The summed E-state index contributed by atoms with van der Waals surface area (Å²) in [4.78, 5) is 9.76. The summed E-state index contributed by atoms with van der Waals surface area (Å²) < 4.78 is 0. The van der Waals surface area contributed by atoms with E-state index in [0.29, 0.717) is 0 Å². The van der Waals surface area contributed by atoms with Crippen LogP contribution in [0.4, 0.5) is 0 Å². The van der Waals surface area contributed by atoms with Crippen molar-refractivity contribution < 1.29 is 42.3 Å². The molecular formula is C5H10CuO5. The molecule has 3 atom stereocenters. The molecule has 0 aliphatic rings. The predicted molar refractivity (Wildman–Crippen MR) is 31.2 cm³/mol. The zero-order valence-electron chi connectivity index (χ0n) is 5.52. The molecule has 1 radical (unpaired) electrons. The third kappa shape index (κ3) is 4.47. The molecule has 0 aliphatic heterocycles. The summed E-state index contributed by atoms with van der Waals surface area (Å²) in [5.74, 6) is 0. The minimum atomic E-state index is -1.64. The Labute approximate surface area is 74.1 Å². The summed E-state index contributed by atoms with van der Waals surface area (Å²) in [7, 11) is 0. The van der Waals surface area contributed by atoms with Gasteiger partial charge >= 0.3 is 0 Å². The van der Waals surface area contributed by atoms with Crippen molar-refractivity contribution in [1.82, 2.24) is 0 Å². The molecule has 6 heteroatoms. The molecule has 0 fully saturated rings. The molecule has 71 valence electrons. The summed E-state index contributed by atoms with van der Waals surface area (Å²) in [6, 6.07) is 0. The number of carbonyl (C=O) groups excluding carboxylic acids is 1. The van der Waals surface area contributed by atoms with Gasteiger partial charge in [-0.3, -0.25) is 0 Å². The van der Waals surface area contributed by atoms with Gasteiger partial charge in [-0.2, -0.15) is 0 Å². The van der Waals surface area contributed by atoms with Gasteiger partial charge in [0.2, 0.25) is 0 Å². The van der Waals surface area contributed by atoms with Crippen LogP contribution in [0.3, 0.4) is 0 Å². The Morgan fingerprint density at radius 1 is 1.27 bits per heavy atom. The van der Waals surface area contributed by atoms with Gasteiger partial charge < -0.3 is 25.2 Å². The van der Waals surface area contributed by atoms with E-state index in [0.717, 1.165) is 0 Å². The van der Waals surface area contributed by atoms with Gasteiger partial charge in [0.25, 0.3) is 0 Å². The second-order valence-corrected chi connectivity index (χ2v) is 1.87. The molecule has 0 saturated carbocycles. The minimum Gasteiger partial charge on any atom is -0.394 e. The number of carbonyl (C=O) groups is 1. The molecular weight excluding hydrogens is 204 g/mol. The Kier molecular flexibility index (Phi) is 8.32. The average molecular weight is 214 g/mol. The quantitative estimate of drug-likeness (QED) is 0.300. The second-order valence-electron chi connectivity index (χ2n) is 1.87. The van der Waals surface area contributed by atoms with Crippen LogP contribution in [0.15, 0.2) is 0 Å². The molecule has 0 aromatic carbocycles. The molecule has 0 amide bonds. The van der Waals surface area contributed by atoms with E-state index in [1.54, 1.807) is 0 Å². The fourth-order valence-electron chi connectivity index (χ4n) is 0.416. The first kappa shape index (κ1) is 13.6. The average Bonchev–Trinajstić information content (AvgIpc) is 2.00. The first-order valence-corrected chi connectivity index (χ1v) is 2.73. The van der Waals surface area contributed by atoms with Crippen LogP contribution >= 0.6 is 0 Å². The third-order valence-electron chi connectivity index (χ3n) is 1.07. The van der Waals surface area contributed by atoms with E-state index in [1.807, 2.05) is 0 Å². The van der Waals surface area contributed by atoms with Crippen LogP contribution in [0.5, 0.6) is 0 Å². The van der Waals surface area contributed by atoms with Gasteiger partial charge in [0, 0.05) is 17.1 Å². The normalized spacial score (nSPS) is 17.8. The van der Waals surface area contributed by atoms with Gasteiger partial charge in [0.1, 0.15) is 18.3 Å². The largest absolute Gasteiger partial charge is 0.394 e. The summed E-state index contributed by atoms with van der Waals surface area (Å²) in [5.41, 5.74) is 0. The van der Waals surface area contributed by atoms with Crippen molar-refractivity contribution in [2.24, 2.45) is 0 Å². The summed E-state index contributed by atoms with van der Waals surface area (Å²) >= 11 is 0. The standard InChI is InChI=1S/C5H10O5.Cu/c6-1-3(8)5(10)4(9)2-7;/h1,3-5,7-10H,2H2;/t3-,4+,5-;/m0./s1. The van der Waals surface area contributed by atoms with Crippen LogP contribution in [-0.4, -0.2) is 51.6 Å². The van der Waals surface area contributed by atoms with Crippen molar-refractivity contribution in [3.8, 4) is 0 Å². The maximum Gasteiger partial charge on any atom is 0.151 e. The molecule has 11 heavy (non-hydrogen) atoms. The topological polar surface area (TPSA) is 98.0 Å². The molecule has 0 heterocycles. The van der Waals surface area contributed by atoms with E-state index < -0.39 is 24.9 Å². The van der Waals surface area contributed by atoms with Crippen molar-refractivity contribution in [1.29, 1.82) is 0 Å². The van der Waals surface area contributed by atoms with Gasteiger partial charge in [0.15, 0.2) is 6.29 Å². The Balaban J connectivity index is 0. The van der Waals surface area contributed by atoms with Crippen molar-refractivity contribution in [2.45, 2.75) is 18.3 Å². The summed E-state index contributed by atoms with van der Waals surface area (Å²) in [6.07, 6.45) is -4.63. The van der Waals surface area contributed by atoms with Gasteiger partial charge in [0.05, 0.1) is 6.61 Å². The molecule has 0 unspecified atom stereocenters. The Hall–Kier alpha value is 0.0295. The maximum absolute atomic E-state index is 9.76. The van der Waals surface area contributed by atoms with E-state index in [4.69, 9.17) is 20.4 Å². The Morgan fingerprint density at radius 3 is 2.00 bits per heavy atom. The molecule has 0 rings (SSSR count). The van der Waals surface area contributed by atoms with Crippen molar-refractivity contribution in [2.75, 3.05) is 6.61 Å². The number of hydrogen-bond donors (Lipinski definition) is 4. The van der Waals surface area contributed by atoms with Crippen molar-refractivity contribution in [3.63, 3.8) is 0 Å². The first-order chi connectivity index (χ1) is 4.63. The van der Waals surface area contributed by atoms with E-state index in [9.17, 15) is 4.79 Å². The van der Waals surface area contributed by atoms with E-state index in [2.05, 4.69) is 0 Å². The second kappa shape index (κ2) is 6.72. The van der Waals surface area contributed by atoms with Crippen LogP contribution in [0.2, 0.25) is 0 Å². The monoisotopic (exact) mass is 213 g/mol. The maximum atomic E-state index is 9.76. The molecule has 5 nitrogen and oxygen atoms in total. The van der Waals surface area contributed by atoms with Crippen LogP contribution in [0, 0.1) is 0 Å². The zero-order chi connectivity index (χ0) is 8.15. The SMILES string of the molecule is O=C[C@H](O)[C@H](O)[C@H](O)CO.[Cu]. The van der Waals surface area contributed by atoms with Crippen LogP contribution in [0.25, 0.3) is 0 Å². The zero-order valence-corrected chi connectivity index (χ0v) is 6.46. The van der Waals surface area contributed by atoms with Crippen molar-refractivity contribution >= 4 is 6.29 Å². The minimum absolute atomic E-state index is 0. The smallest absolute Gasteiger partial charge is 0.151 e. The number of rotatable bonds is 4. The number of aliphatic hydroxyl groups is 4. The molecule has 0 aliphatic carbocycles. The Morgan fingerprint density at radius 2 is 1.73 bits per heavy atom. The van der Waals surface area contributed by atoms with Crippen molar-refractivity contribution in [3.05, 3.63) is 0 Å². The van der Waals surface area contributed by atoms with E-state index >= 15 is 0 Å².